The summed E-state index contributed by atoms with van der Waals surface area (Å²) < 4.78 is 11.7. The molecule has 0 radical (unpaired) electrons. The highest BCUT2D eigenvalue weighted by Gasteiger charge is 2.18. The molecule has 0 aliphatic rings. The third-order valence-corrected chi connectivity index (χ3v) is 4.53. The fraction of sp³-hybridized carbons (Fsp3) is 0.364. The first-order valence-electron chi connectivity index (χ1n) is 11.0. The van der Waals surface area contributed by atoms with Gasteiger partial charge in [0.05, 0.1) is 19.3 Å². The normalized spacial score (nSPS) is 12.8. The number of carbonyl (C=O) groups is 1. The van der Waals surface area contributed by atoms with Gasteiger partial charge in [0.2, 0.25) is 5.95 Å². The Bertz CT molecular complexity index is 1180. The second-order valence-electron chi connectivity index (χ2n) is 7.61. The molecule has 2 atom stereocenters. The van der Waals surface area contributed by atoms with Crippen molar-refractivity contribution in [2.24, 2.45) is 10.2 Å². The molecule has 0 amide bonds. The molecule has 3 aromatic rings. The maximum absolute atomic E-state index is 11.3. The van der Waals surface area contributed by atoms with Crippen molar-refractivity contribution in [3.63, 3.8) is 0 Å². The molecule has 14 nitrogen and oxygen atoms in total. The number of ether oxygens (including phenoxy) is 2. The fourth-order valence-electron chi connectivity index (χ4n) is 2.93. The van der Waals surface area contributed by atoms with Crippen molar-refractivity contribution >= 4 is 29.4 Å². The lowest BCUT2D eigenvalue weighted by atomic mass is 10.3. The van der Waals surface area contributed by atoms with E-state index in [1.54, 1.807) is 32.4 Å². The summed E-state index contributed by atoms with van der Waals surface area (Å²) in [6.45, 7) is 7.07. The summed E-state index contributed by atoms with van der Waals surface area (Å²) in [4.78, 5) is 28.5. The van der Waals surface area contributed by atoms with Crippen LogP contribution in [-0.2, 0) is 20.9 Å². The van der Waals surface area contributed by atoms with Crippen LogP contribution in [0.3, 0.4) is 0 Å². The van der Waals surface area contributed by atoms with Crippen molar-refractivity contribution in [3.05, 3.63) is 49.1 Å². The summed E-state index contributed by atoms with van der Waals surface area (Å²) in [5, 5.41) is 28.8. The van der Waals surface area contributed by atoms with Crippen LogP contribution < -0.4 is 10.6 Å². The molecule has 3 heterocycles. The lowest BCUT2D eigenvalue weighted by molar-refractivity contribution is -0.137. The first-order chi connectivity index (χ1) is 17.4. The first-order valence-corrected chi connectivity index (χ1v) is 11.0. The zero-order chi connectivity index (χ0) is 25.9. The quantitative estimate of drug-likeness (QED) is 0.180. The van der Waals surface area contributed by atoms with E-state index < -0.39 is 12.6 Å². The summed E-state index contributed by atoms with van der Waals surface area (Å²) in [6, 6.07) is 4.93. The molecule has 3 N–H and O–H groups in total. The van der Waals surface area contributed by atoms with E-state index in [1.165, 1.54) is 11.0 Å². The van der Waals surface area contributed by atoms with Crippen molar-refractivity contribution in [3.8, 4) is 5.82 Å². The zero-order valence-corrected chi connectivity index (χ0v) is 20.2. The minimum absolute atomic E-state index is 0.0670. The van der Waals surface area contributed by atoms with Gasteiger partial charge in [-0.15, -0.1) is 15.3 Å². The minimum Gasteiger partial charge on any atom is -0.460 e. The van der Waals surface area contributed by atoms with E-state index in [1.807, 2.05) is 13.0 Å². The molecule has 0 bridgehead atoms. The smallest absolute Gasteiger partial charge is 0.330 e. The molecule has 2 unspecified atom stereocenters. The Morgan fingerprint density at radius 3 is 2.69 bits per heavy atom. The largest absolute Gasteiger partial charge is 0.460 e. The van der Waals surface area contributed by atoms with Gasteiger partial charge in [-0.3, -0.25) is 0 Å². The maximum atomic E-state index is 11.3. The second kappa shape index (κ2) is 13.0. The van der Waals surface area contributed by atoms with Crippen LogP contribution in [0.15, 0.2) is 53.6 Å². The Labute approximate surface area is 207 Å². The molecule has 0 aromatic carbocycles. The van der Waals surface area contributed by atoms with Crippen molar-refractivity contribution in [2.45, 2.75) is 32.5 Å². The number of esters is 1. The van der Waals surface area contributed by atoms with Crippen LogP contribution in [0, 0.1) is 0 Å². The molecule has 14 heteroatoms. The number of aliphatic hydroxyl groups excluding tert-OH is 1. The van der Waals surface area contributed by atoms with Gasteiger partial charge in [-0.05, 0) is 26.0 Å². The number of methoxy groups -OCH3 is 1. The van der Waals surface area contributed by atoms with E-state index in [9.17, 15) is 9.90 Å². The topological polar surface area (TPSA) is 174 Å². The highest BCUT2D eigenvalue weighted by Crippen LogP contribution is 2.30. The standard InChI is InChI=1S/C22H28N10O4/c1-5-18(34)36-12-15(3)26-22-27-16(10-33)19(20(28-22)25-14(2)11-35-4)29-30-21-24-13-32(31-21)17-8-6-7-9-23-17/h5-9,13-15,33H,1,10-12H2,2-4H3,(H2,25,26,27,28). The van der Waals surface area contributed by atoms with Crippen LogP contribution in [0.25, 0.3) is 5.82 Å². The number of aliphatic hydroxyl groups is 1. The third kappa shape index (κ3) is 7.35. The molecule has 0 saturated heterocycles. The molecule has 0 aliphatic carbocycles. The van der Waals surface area contributed by atoms with Gasteiger partial charge in [0.1, 0.15) is 18.6 Å². The Morgan fingerprint density at radius 1 is 1.19 bits per heavy atom. The Balaban J connectivity index is 1.88. The number of nitrogens with zero attached hydrogens (tertiary/aromatic N) is 8. The van der Waals surface area contributed by atoms with Gasteiger partial charge in [-0.2, -0.15) is 9.97 Å². The number of pyridine rings is 1. The predicted molar refractivity (Wildman–Crippen MR) is 130 cm³/mol. The summed E-state index contributed by atoms with van der Waals surface area (Å²) >= 11 is 0. The zero-order valence-electron chi connectivity index (χ0n) is 20.2. The Hall–Kier alpha value is -4.30. The van der Waals surface area contributed by atoms with Gasteiger partial charge >= 0.3 is 5.97 Å². The molecule has 0 fully saturated rings. The maximum Gasteiger partial charge on any atom is 0.330 e. The average Bonchev–Trinajstić information content (AvgIpc) is 3.36. The minimum atomic E-state index is -0.536. The summed E-state index contributed by atoms with van der Waals surface area (Å²) in [5.74, 6) is 0.630. The molecule has 0 saturated carbocycles. The van der Waals surface area contributed by atoms with Gasteiger partial charge in [-0.25, -0.2) is 19.4 Å². The van der Waals surface area contributed by atoms with Gasteiger partial charge in [0.15, 0.2) is 17.3 Å². The van der Waals surface area contributed by atoms with Crippen LogP contribution in [0.1, 0.15) is 19.5 Å². The van der Waals surface area contributed by atoms with Crippen LogP contribution in [-0.4, -0.2) is 73.2 Å². The number of aromatic nitrogens is 6. The van der Waals surface area contributed by atoms with E-state index in [0.29, 0.717) is 18.2 Å². The average molecular weight is 497 g/mol. The first kappa shape index (κ1) is 26.3. The van der Waals surface area contributed by atoms with E-state index >= 15 is 0 Å². The van der Waals surface area contributed by atoms with Crippen molar-refractivity contribution in [1.29, 1.82) is 0 Å². The lowest BCUT2D eigenvalue weighted by Gasteiger charge is -2.19. The van der Waals surface area contributed by atoms with Crippen LogP contribution in [0.4, 0.5) is 23.4 Å². The third-order valence-electron chi connectivity index (χ3n) is 4.53. The highest BCUT2D eigenvalue weighted by molar-refractivity contribution is 5.81. The van der Waals surface area contributed by atoms with Crippen LogP contribution in [0.2, 0.25) is 0 Å². The van der Waals surface area contributed by atoms with Gasteiger partial charge in [0.25, 0.3) is 5.95 Å². The number of rotatable bonds is 13. The fourth-order valence-corrected chi connectivity index (χ4v) is 2.93. The summed E-state index contributed by atoms with van der Waals surface area (Å²) in [7, 11) is 1.58. The molecule has 190 valence electrons. The number of hydrogen-bond acceptors (Lipinski definition) is 13. The Morgan fingerprint density at radius 2 is 2.00 bits per heavy atom. The Kier molecular flexibility index (Phi) is 9.48. The molecular weight excluding hydrogens is 468 g/mol. The molecule has 3 rings (SSSR count). The van der Waals surface area contributed by atoms with Gasteiger partial charge in [-0.1, -0.05) is 12.6 Å². The lowest BCUT2D eigenvalue weighted by Crippen LogP contribution is -2.26. The van der Waals surface area contributed by atoms with Crippen molar-refractivity contribution < 1.29 is 19.4 Å². The second-order valence-corrected chi connectivity index (χ2v) is 7.61. The highest BCUT2D eigenvalue weighted by atomic mass is 16.5. The van der Waals surface area contributed by atoms with E-state index in [-0.39, 0.29) is 42.0 Å². The van der Waals surface area contributed by atoms with Crippen molar-refractivity contribution in [2.75, 3.05) is 31.0 Å². The predicted octanol–water partition coefficient (Wildman–Crippen LogP) is 2.34. The summed E-state index contributed by atoms with van der Waals surface area (Å²) in [6.07, 6.45) is 4.19. The van der Waals surface area contributed by atoms with Crippen molar-refractivity contribution in [1.82, 2.24) is 29.7 Å². The van der Waals surface area contributed by atoms with E-state index in [4.69, 9.17) is 9.47 Å². The molecular formula is C22H28N10O4. The molecule has 0 aliphatic heterocycles. The molecule has 36 heavy (non-hydrogen) atoms. The number of azo groups is 1. The summed E-state index contributed by atoms with van der Waals surface area (Å²) in [5.41, 5.74) is 0.425. The molecule has 0 spiro atoms. The number of nitrogens with one attached hydrogen (secondary N) is 2. The van der Waals surface area contributed by atoms with E-state index in [0.717, 1.165) is 6.08 Å². The number of carbonyl (C=O) groups excluding carboxylic acids is 1. The van der Waals surface area contributed by atoms with Gasteiger partial charge in [0, 0.05) is 25.4 Å². The number of hydrogen-bond donors (Lipinski definition) is 3. The van der Waals surface area contributed by atoms with Crippen LogP contribution >= 0.6 is 0 Å². The SMILES string of the molecule is C=CC(=O)OCC(C)Nc1nc(CO)c(N=Nc2ncn(-c3ccccn3)n2)c(NC(C)COC)n1. The van der Waals surface area contributed by atoms with Crippen LogP contribution in [0.5, 0.6) is 0 Å². The monoisotopic (exact) mass is 496 g/mol. The van der Waals surface area contributed by atoms with E-state index in [2.05, 4.69) is 52.5 Å². The molecule has 3 aromatic heterocycles. The number of anilines is 2. The van der Waals surface area contributed by atoms with Gasteiger partial charge < -0.3 is 25.2 Å².